The second-order valence-electron chi connectivity index (χ2n) is 6.35. The molecule has 0 aromatic carbocycles. The van der Waals surface area contributed by atoms with Crippen LogP contribution in [-0.2, 0) is 11.3 Å². The first-order valence-electron chi connectivity index (χ1n) is 8.10. The molecule has 0 aliphatic carbocycles. The van der Waals surface area contributed by atoms with Gasteiger partial charge in [0.25, 0.3) is 0 Å². The van der Waals surface area contributed by atoms with Crippen molar-refractivity contribution in [3.63, 3.8) is 0 Å². The van der Waals surface area contributed by atoms with E-state index in [1.807, 2.05) is 17.6 Å². The predicted molar refractivity (Wildman–Crippen MR) is 89.4 cm³/mol. The highest BCUT2D eigenvalue weighted by molar-refractivity contribution is 7.09. The molecule has 1 spiro atoms. The Hall–Kier alpha value is -1.57. The third-order valence-electron chi connectivity index (χ3n) is 4.57. The zero-order chi connectivity index (χ0) is 15.5. The van der Waals surface area contributed by atoms with Crippen LogP contribution in [0.1, 0.15) is 24.3 Å². The molecule has 23 heavy (non-hydrogen) atoms. The highest BCUT2D eigenvalue weighted by atomic mass is 32.1. The van der Waals surface area contributed by atoms with Gasteiger partial charge in [0.15, 0.2) is 0 Å². The minimum Gasteiger partial charge on any atom is -0.371 e. The number of ether oxygens (including phenoxy) is 1. The molecule has 0 bridgehead atoms. The van der Waals surface area contributed by atoms with Crippen molar-refractivity contribution >= 4 is 17.3 Å². The van der Waals surface area contributed by atoms with Gasteiger partial charge in [0.05, 0.1) is 24.8 Å². The minimum absolute atomic E-state index is 0.0258. The molecule has 2 atom stereocenters. The predicted octanol–water partition coefficient (Wildman–Crippen LogP) is 2.17. The summed E-state index contributed by atoms with van der Waals surface area (Å²) < 4.78 is 6.24. The van der Waals surface area contributed by atoms with Crippen molar-refractivity contribution < 1.29 is 4.74 Å². The summed E-state index contributed by atoms with van der Waals surface area (Å²) >= 11 is 1.73. The summed E-state index contributed by atoms with van der Waals surface area (Å²) in [5, 5.41) is 6.63. The quantitative estimate of drug-likeness (QED) is 0.926. The molecule has 2 fully saturated rings. The van der Waals surface area contributed by atoms with E-state index in [9.17, 15) is 0 Å². The summed E-state index contributed by atoms with van der Waals surface area (Å²) in [6.45, 7) is 3.77. The SMILES string of the molecule is c1cnc(N[C@@H]2CO[C@@]3(CCCN(Cc4nccs4)C3)C2)nc1. The van der Waals surface area contributed by atoms with Crippen molar-refractivity contribution in [2.24, 2.45) is 0 Å². The van der Waals surface area contributed by atoms with E-state index in [1.165, 1.54) is 11.4 Å². The molecule has 6 nitrogen and oxygen atoms in total. The van der Waals surface area contributed by atoms with Crippen molar-refractivity contribution in [1.29, 1.82) is 0 Å². The maximum atomic E-state index is 6.24. The lowest BCUT2D eigenvalue weighted by Crippen LogP contribution is -2.47. The molecule has 4 heterocycles. The molecular formula is C16H21N5OS. The number of nitrogens with zero attached hydrogens (tertiary/aromatic N) is 4. The Bertz CT molecular complexity index is 623. The standard InChI is InChI=1S/C16H21N5OS/c1-3-16(12-21(7-1)10-14-17-6-8-23-14)9-13(11-22-16)20-15-18-4-2-5-19-15/h2,4-6,8,13H,1,3,7,9-12H2,(H,18,19,20)/t13-,16-/m0/s1. The maximum absolute atomic E-state index is 6.24. The Morgan fingerprint density at radius 2 is 2.22 bits per heavy atom. The van der Waals surface area contributed by atoms with Crippen LogP contribution in [0, 0.1) is 0 Å². The number of hydrogen-bond donors (Lipinski definition) is 1. The molecule has 122 valence electrons. The third-order valence-corrected chi connectivity index (χ3v) is 5.33. The summed E-state index contributed by atoms with van der Waals surface area (Å²) in [4.78, 5) is 15.4. The molecule has 2 aromatic rings. The van der Waals surface area contributed by atoms with E-state index in [1.54, 1.807) is 23.7 Å². The fourth-order valence-corrected chi connectivity index (χ4v) is 4.28. The first kappa shape index (κ1) is 15.0. The molecular weight excluding hydrogens is 310 g/mol. The van der Waals surface area contributed by atoms with E-state index in [4.69, 9.17) is 4.74 Å². The highest BCUT2D eigenvalue weighted by Crippen LogP contribution is 2.36. The summed E-state index contributed by atoms with van der Waals surface area (Å²) in [6, 6.07) is 2.12. The van der Waals surface area contributed by atoms with Crippen LogP contribution in [0.5, 0.6) is 0 Å². The van der Waals surface area contributed by atoms with Gasteiger partial charge in [-0.2, -0.15) is 0 Å². The number of anilines is 1. The summed E-state index contributed by atoms with van der Waals surface area (Å²) in [7, 11) is 0. The Morgan fingerprint density at radius 1 is 1.30 bits per heavy atom. The largest absolute Gasteiger partial charge is 0.371 e. The molecule has 7 heteroatoms. The number of nitrogens with one attached hydrogen (secondary N) is 1. The molecule has 0 radical (unpaired) electrons. The molecule has 2 aliphatic heterocycles. The minimum atomic E-state index is -0.0258. The van der Waals surface area contributed by atoms with E-state index in [2.05, 4.69) is 25.2 Å². The van der Waals surface area contributed by atoms with Crippen LogP contribution in [0.2, 0.25) is 0 Å². The van der Waals surface area contributed by atoms with Crippen LogP contribution in [0.4, 0.5) is 5.95 Å². The molecule has 2 aliphatic rings. The van der Waals surface area contributed by atoms with Crippen molar-refractivity contribution in [2.75, 3.05) is 25.0 Å². The number of piperidine rings is 1. The summed E-state index contributed by atoms with van der Waals surface area (Å²) in [5.74, 6) is 0.689. The molecule has 0 amide bonds. The zero-order valence-electron chi connectivity index (χ0n) is 13.0. The fourth-order valence-electron chi connectivity index (χ4n) is 3.63. The van der Waals surface area contributed by atoms with Gasteiger partial charge in [0.1, 0.15) is 5.01 Å². The average molecular weight is 331 g/mol. The van der Waals surface area contributed by atoms with Gasteiger partial charge < -0.3 is 10.1 Å². The fraction of sp³-hybridized carbons (Fsp3) is 0.562. The molecule has 4 rings (SSSR count). The number of likely N-dealkylation sites (tertiary alicyclic amines) is 1. The summed E-state index contributed by atoms with van der Waals surface area (Å²) in [6.07, 6.45) is 8.73. The van der Waals surface area contributed by atoms with Gasteiger partial charge in [-0.25, -0.2) is 15.0 Å². The van der Waals surface area contributed by atoms with E-state index >= 15 is 0 Å². The van der Waals surface area contributed by atoms with Gasteiger partial charge in [-0.3, -0.25) is 4.90 Å². The highest BCUT2D eigenvalue weighted by Gasteiger charge is 2.43. The van der Waals surface area contributed by atoms with Crippen molar-refractivity contribution in [1.82, 2.24) is 19.9 Å². The number of rotatable bonds is 4. The number of hydrogen-bond acceptors (Lipinski definition) is 7. The molecule has 2 aromatic heterocycles. The molecule has 1 N–H and O–H groups in total. The lowest BCUT2D eigenvalue weighted by Gasteiger charge is -2.39. The Balaban J connectivity index is 1.37. The van der Waals surface area contributed by atoms with Crippen LogP contribution in [0.3, 0.4) is 0 Å². The topological polar surface area (TPSA) is 63.2 Å². The molecule has 0 unspecified atom stereocenters. The monoisotopic (exact) mass is 331 g/mol. The van der Waals surface area contributed by atoms with Crippen LogP contribution >= 0.6 is 11.3 Å². The molecule has 2 saturated heterocycles. The van der Waals surface area contributed by atoms with Gasteiger partial charge in [-0.05, 0) is 25.5 Å². The first-order valence-corrected chi connectivity index (χ1v) is 8.98. The van der Waals surface area contributed by atoms with Crippen LogP contribution in [-0.4, -0.2) is 51.2 Å². The smallest absolute Gasteiger partial charge is 0.222 e. The zero-order valence-corrected chi connectivity index (χ0v) is 13.8. The summed E-state index contributed by atoms with van der Waals surface area (Å²) in [5.41, 5.74) is -0.0258. The first-order chi connectivity index (χ1) is 11.3. The van der Waals surface area contributed by atoms with Gasteiger partial charge in [0, 0.05) is 36.9 Å². The van der Waals surface area contributed by atoms with Crippen molar-refractivity contribution in [3.05, 3.63) is 35.0 Å². The number of aromatic nitrogens is 3. The lowest BCUT2D eigenvalue weighted by molar-refractivity contribution is -0.0533. The van der Waals surface area contributed by atoms with E-state index < -0.39 is 0 Å². The van der Waals surface area contributed by atoms with Gasteiger partial charge in [0.2, 0.25) is 5.95 Å². The van der Waals surface area contributed by atoms with Crippen LogP contribution in [0.25, 0.3) is 0 Å². The van der Waals surface area contributed by atoms with Crippen LogP contribution in [0.15, 0.2) is 30.0 Å². The van der Waals surface area contributed by atoms with E-state index in [-0.39, 0.29) is 11.6 Å². The lowest BCUT2D eigenvalue weighted by atomic mass is 9.88. The van der Waals surface area contributed by atoms with Gasteiger partial charge in [-0.1, -0.05) is 0 Å². The third kappa shape index (κ3) is 3.52. The Kier molecular flexibility index (Phi) is 4.24. The van der Waals surface area contributed by atoms with Gasteiger partial charge in [-0.15, -0.1) is 11.3 Å². The van der Waals surface area contributed by atoms with Crippen LogP contribution < -0.4 is 5.32 Å². The maximum Gasteiger partial charge on any atom is 0.222 e. The Morgan fingerprint density at radius 3 is 3.04 bits per heavy atom. The van der Waals surface area contributed by atoms with E-state index in [0.29, 0.717) is 5.95 Å². The van der Waals surface area contributed by atoms with Crippen molar-refractivity contribution in [3.8, 4) is 0 Å². The van der Waals surface area contributed by atoms with Gasteiger partial charge >= 0.3 is 0 Å². The van der Waals surface area contributed by atoms with Crippen molar-refractivity contribution in [2.45, 2.75) is 37.5 Å². The second kappa shape index (κ2) is 6.51. The Labute approximate surface area is 139 Å². The molecule has 0 saturated carbocycles. The normalized spacial score (nSPS) is 28.3. The van der Waals surface area contributed by atoms with E-state index in [0.717, 1.165) is 39.1 Å². The average Bonchev–Trinajstić information content (AvgIpc) is 3.19. The number of thiazole rings is 1. The second-order valence-corrected chi connectivity index (χ2v) is 7.33.